The number of halogens is 2. The number of aryl methyl sites for hydroxylation is 2. The summed E-state index contributed by atoms with van der Waals surface area (Å²) < 4.78 is 34.9. The van der Waals surface area contributed by atoms with Gasteiger partial charge in [-0.3, -0.25) is 4.79 Å². The zero-order valence-electron chi connectivity index (χ0n) is 18.8. The van der Waals surface area contributed by atoms with Crippen LogP contribution in [0, 0.1) is 13.8 Å². The Bertz CT molecular complexity index is 1140. The van der Waals surface area contributed by atoms with Crippen LogP contribution < -0.4 is 9.47 Å². The fourth-order valence-corrected chi connectivity index (χ4v) is 4.74. The number of rotatable bonds is 9. The molecular formula is C25H26F2N2O3S. The number of nitrogens with zero attached hydrogens (tertiary/aromatic N) is 2. The van der Waals surface area contributed by atoms with Gasteiger partial charge in [0.1, 0.15) is 5.01 Å². The van der Waals surface area contributed by atoms with E-state index >= 15 is 0 Å². The van der Waals surface area contributed by atoms with Crippen LogP contribution >= 0.6 is 11.3 Å². The molecule has 33 heavy (non-hydrogen) atoms. The van der Waals surface area contributed by atoms with Crippen molar-refractivity contribution in [2.75, 3.05) is 7.11 Å². The predicted octanol–water partition coefficient (Wildman–Crippen LogP) is 5.77. The number of alkyl halides is 2. The maximum atomic E-state index is 13.2. The molecule has 1 aliphatic carbocycles. The van der Waals surface area contributed by atoms with E-state index in [-0.39, 0.29) is 29.9 Å². The highest BCUT2D eigenvalue weighted by Crippen LogP contribution is 2.33. The molecule has 0 bridgehead atoms. The Morgan fingerprint density at radius 1 is 1.18 bits per heavy atom. The molecule has 1 aliphatic rings. The molecule has 0 radical (unpaired) electrons. The summed E-state index contributed by atoms with van der Waals surface area (Å²) in [5.74, 6) is 0.192. The van der Waals surface area contributed by atoms with E-state index in [1.54, 1.807) is 23.5 Å². The van der Waals surface area contributed by atoms with Crippen molar-refractivity contribution in [1.29, 1.82) is 0 Å². The molecule has 3 aromatic rings. The van der Waals surface area contributed by atoms with Crippen LogP contribution in [0.15, 0.2) is 41.8 Å². The number of methoxy groups -OCH3 is 1. The van der Waals surface area contributed by atoms with Crippen molar-refractivity contribution >= 4 is 17.2 Å². The van der Waals surface area contributed by atoms with Crippen LogP contribution in [0.2, 0.25) is 0 Å². The van der Waals surface area contributed by atoms with Crippen molar-refractivity contribution in [3.63, 3.8) is 0 Å². The third-order valence-electron chi connectivity index (χ3n) is 5.60. The molecule has 5 nitrogen and oxygen atoms in total. The molecule has 0 spiro atoms. The Balaban J connectivity index is 1.47. The number of amides is 1. The van der Waals surface area contributed by atoms with Gasteiger partial charge < -0.3 is 14.4 Å². The van der Waals surface area contributed by atoms with E-state index in [2.05, 4.69) is 36.8 Å². The Labute approximate surface area is 196 Å². The molecule has 4 rings (SSSR count). The van der Waals surface area contributed by atoms with Crippen LogP contribution in [0.25, 0.3) is 10.6 Å². The highest BCUT2D eigenvalue weighted by molar-refractivity contribution is 7.13. The van der Waals surface area contributed by atoms with Crippen molar-refractivity contribution in [3.05, 3.63) is 64.2 Å². The minimum atomic E-state index is -2.93. The lowest BCUT2D eigenvalue weighted by Crippen LogP contribution is -2.33. The second kappa shape index (κ2) is 9.87. The van der Waals surface area contributed by atoms with Crippen LogP contribution in [-0.4, -0.2) is 35.6 Å². The molecule has 1 heterocycles. The topological polar surface area (TPSA) is 51.7 Å². The van der Waals surface area contributed by atoms with Crippen LogP contribution in [0.3, 0.4) is 0 Å². The van der Waals surface area contributed by atoms with E-state index in [0.717, 1.165) is 40.2 Å². The summed E-state index contributed by atoms with van der Waals surface area (Å²) in [6, 6.07) is 11.2. The minimum Gasteiger partial charge on any atom is -0.493 e. The van der Waals surface area contributed by atoms with Crippen LogP contribution in [0.5, 0.6) is 11.5 Å². The van der Waals surface area contributed by atoms with Crippen LogP contribution in [0.1, 0.15) is 35.2 Å². The highest BCUT2D eigenvalue weighted by atomic mass is 32.1. The number of carbonyl (C=O) groups is 1. The Hall–Kier alpha value is -3.00. The number of aromatic nitrogens is 1. The fourth-order valence-electron chi connectivity index (χ4n) is 3.83. The maximum Gasteiger partial charge on any atom is 0.387 e. The van der Waals surface area contributed by atoms with Gasteiger partial charge in [0, 0.05) is 23.5 Å². The summed E-state index contributed by atoms with van der Waals surface area (Å²) in [4.78, 5) is 19.7. The number of thiazole rings is 1. The average molecular weight is 473 g/mol. The van der Waals surface area contributed by atoms with Gasteiger partial charge in [-0.15, -0.1) is 11.3 Å². The molecule has 0 aliphatic heterocycles. The average Bonchev–Trinajstić information content (AvgIpc) is 3.51. The lowest BCUT2D eigenvalue weighted by molar-refractivity contribution is -0.131. The molecule has 1 saturated carbocycles. The molecule has 1 amide bonds. The summed E-state index contributed by atoms with van der Waals surface area (Å²) in [7, 11) is 1.40. The van der Waals surface area contributed by atoms with Gasteiger partial charge in [-0.25, -0.2) is 4.98 Å². The van der Waals surface area contributed by atoms with Gasteiger partial charge in [0.05, 0.1) is 19.2 Å². The molecule has 0 saturated heterocycles. The standard InChI is InChI=1S/C25H26F2N2O3S/c1-15-4-8-20(16(2)10-15)24-28-18(14-33-24)12-23(30)29(19-6-7-19)13-17-5-9-21(32-25(26)27)22(11-17)31-3/h4-5,8-11,14,19,25H,6-7,12-13H2,1-3H3. The fraction of sp³-hybridized carbons (Fsp3) is 0.360. The van der Waals surface area contributed by atoms with Gasteiger partial charge in [-0.05, 0) is 49.9 Å². The first kappa shape index (κ1) is 23.2. The van der Waals surface area contributed by atoms with E-state index in [1.165, 1.54) is 18.7 Å². The lowest BCUT2D eigenvalue weighted by Gasteiger charge is -2.23. The second-order valence-electron chi connectivity index (χ2n) is 8.26. The van der Waals surface area contributed by atoms with Crippen molar-refractivity contribution in [1.82, 2.24) is 9.88 Å². The van der Waals surface area contributed by atoms with Gasteiger partial charge in [0.25, 0.3) is 0 Å². The van der Waals surface area contributed by atoms with Gasteiger partial charge in [-0.1, -0.05) is 29.8 Å². The first-order valence-corrected chi connectivity index (χ1v) is 11.6. The third kappa shape index (κ3) is 5.68. The summed E-state index contributed by atoms with van der Waals surface area (Å²) >= 11 is 1.54. The van der Waals surface area contributed by atoms with E-state index in [0.29, 0.717) is 6.54 Å². The number of benzene rings is 2. The van der Waals surface area contributed by atoms with E-state index < -0.39 is 6.61 Å². The quantitative estimate of drug-likeness (QED) is 0.397. The van der Waals surface area contributed by atoms with Gasteiger partial charge in [0.15, 0.2) is 11.5 Å². The van der Waals surface area contributed by atoms with Gasteiger partial charge in [-0.2, -0.15) is 8.78 Å². The Kier molecular flexibility index (Phi) is 6.93. The minimum absolute atomic E-state index is 0.00171. The van der Waals surface area contributed by atoms with Gasteiger partial charge in [0.2, 0.25) is 5.91 Å². The molecule has 1 fully saturated rings. The molecule has 0 unspecified atom stereocenters. The molecule has 174 valence electrons. The zero-order valence-corrected chi connectivity index (χ0v) is 19.6. The molecular weight excluding hydrogens is 446 g/mol. The molecule has 1 aromatic heterocycles. The maximum absolute atomic E-state index is 13.2. The summed E-state index contributed by atoms with van der Waals surface area (Å²) in [6.45, 7) is 1.57. The highest BCUT2D eigenvalue weighted by Gasteiger charge is 2.33. The number of ether oxygens (including phenoxy) is 2. The van der Waals surface area contributed by atoms with Crippen molar-refractivity contribution in [2.45, 2.75) is 52.3 Å². The second-order valence-corrected chi connectivity index (χ2v) is 9.11. The number of hydrogen-bond donors (Lipinski definition) is 0. The van der Waals surface area contributed by atoms with Crippen LogP contribution in [0.4, 0.5) is 8.78 Å². The first-order valence-electron chi connectivity index (χ1n) is 10.8. The summed E-state index contributed by atoms with van der Waals surface area (Å²) in [5.41, 5.74) is 5.00. The molecule has 2 aromatic carbocycles. The van der Waals surface area contributed by atoms with E-state index in [1.807, 2.05) is 10.3 Å². The normalized spacial score (nSPS) is 13.3. The third-order valence-corrected chi connectivity index (χ3v) is 6.53. The Morgan fingerprint density at radius 2 is 1.97 bits per heavy atom. The Morgan fingerprint density at radius 3 is 2.64 bits per heavy atom. The smallest absolute Gasteiger partial charge is 0.387 e. The van der Waals surface area contributed by atoms with E-state index in [9.17, 15) is 13.6 Å². The van der Waals surface area contributed by atoms with Crippen molar-refractivity contribution in [2.24, 2.45) is 0 Å². The number of carbonyl (C=O) groups excluding carboxylic acids is 1. The number of hydrogen-bond acceptors (Lipinski definition) is 5. The van der Waals surface area contributed by atoms with Crippen LogP contribution in [-0.2, 0) is 17.8 Å². The van der Waals surface area contributed by atoms with Gasteiger partial charge >= 0.3 is 6.61 Å². The largest absolute Gasteiger partial charge is 0.493 e. The SMILES string of the molecule is COc1cc(CN(C(=O)Cc2csc(-c3ccc(C)cc3C)n2)C2CC2)ccc1OC(F)F. The van der Waals surface area contributed by atoms with Crippen molar-refractivity contribution < 1.29 is 23.0 Å². The van der Waals surface area contributed by atoms with Crippen molar-refractivity contribution in [3.8, 4) is 22.1 Å². The molecule has 8 heteroatoms. The monoisotopic (exact) mass is 472 g/mol. The molecule has 0 atom stereocenters. The molecule has 0 N–H and O–H groups in total. The predicted molar refractivity (Wildman–Crippen MR) is 124 cm³/mol. The van der Waals surface area contributed by atoms with E-state index in [4.69, 9.17) is 9.72 Å². The lowest BCUT2D eigenvalue weighted by atomic mass is 10.1. The summed E-state index contributed by atoms with van der Waals surface area (Å²) in [5, 5.41) is 2.85. The zero-order chi connectivity index (χ0) is 23.5. The summed E-state index contributed by atoms with van der Waals surface area (Å²) in [6.07, 6.45) is 2.14. The first-order chi connectivity index (χ1) is 15.8.